The normalized spacial score (nSPS) is 10.8. The van der Waals surface area contributed by atoms with Crippen molar-refractivity contribution >= 4 is 11.6 Å². The zero-order valence-electron chi connectivity index (χ0n) is 16.6. The van der Waals surface area contributed by atoms with Crippen LogP contribution in [-0.2, 0) is 0 Å². The van der Waals surface area contributed by atoms with Gasteiger partial charge in [0.05, 0.1) is 24.7 Å². The first-order valence-corrected chi connectivity index (χ1v) is 8.95. The highest BCUT2D eigenvalue weighted by atomic mass is 16.5. The molecule has 0 saturated carbocycles. The van der Waals surface area contributed by atoms with Crippen molar-refractivity contribution in [3.05, 3.63) is 59.1 Å². The van der Waals surface area contributed by atoms with Gasteiger partial charge in [-0.2, -0.15) is 0 Å². The monoisotopic (exact) mass is 381 g/mol. The topological polar surface area (TPSA) is 86.5 Å². The van der Waals surface area contributed by atoms with Crippen LogP contribution < -0.4 is 14.8 Å². The van der Waals surface area contributed by atoms with E-state index in [1.54, 1.807) is 26.2 Å². The third-order valence-electron chi connectivity index (χ3n) is 4.17. The predicted molar refractivity (Wildman–Crippen MR) is 105 cm³/mol. The van der Waals surface area contributed by atoms with Gasteiger partial charge in [-0.3, -0.25) is 4.79 Å². The third kappa shape index (κ3) is 4.14. The molecule has 7 heteroatoms. The molecular formula is C21H23N3O4. The van der Waals surface area contributed by atoms with Crippen molar-refractivity contribution in [3.63, 3.8) is 0 Å². The molecule has 3 rings (SSSR count). The average Bonchev–Trinajstić information content (AvgIpc) is 3.06. The van der Waals surface area contributed by atoms with E-state index in [0.717, 1.165) is 5.56 Å². The molecule has 0 radical (unpaired) electrons. The van der Waals surface area contributed by atoms with Gasteiger partial charge in [0.1, 0.15) is 5.56 Å². The van der Waals surface area contributed by atoms with E-state index < -0.39 is 0 Å². The van der Waals surface area contributed by atoms with Crippen molar-refractivity contribution in [3.8, 4) is 17.4 Å². The predicted octanol–water partition coefficient (Wildman–Crippen LogP) is 4.86. The summed E-state index contributed by atoms with van der Waals surface area (Å²) < 4.78 is 16.4. The first kappa shape index (κ1) is 19.4. The van der Waals surface area contributed by atoms with E-state index in [2.05, 4.69) is 15.5 Å². The molecule has 0 fully saturated rings. The number of methoxy groups -OCH3 is 1. The number of carbonyl (C=O) groups is 1. The van der Waals surface area contributed by atoms with Crippen molar-refractivity contribution in [2.45, 2.75) is 33.6 Å². The van der Waals surface area contributed by atoms with E-state index in [1.807, 2.05) is 39.0 Å². The van der Waals surface area contributed by atoms with E-state index in [9.17, 15) is 4.79 Å². The van der Waals surface area contributed by atoms with Gasteiger partial charge in [-0.25, -0.2) is 4.98 Å². The zero-order chi connectivity index (χ0) is 20.3. The zero-order valence-corrected chi connectivity index (χ0v) is 16.6. The summed E-state index contributed by atoms with van der Waals surface area (Å²) >= 11 is 0. The molecule has 3 aromatic rings. The molecule has 1 amide bonds. The largest absolute Gasteiger partial charge is 0.493 e. The Balaban J connectivity index is 1.73. The summed E-state index contributed by atoms with van der Waals surface area (Å²) in [5.74, 6) is 1.93. The SMILES string of the molecule is COc1cc(C)ccc1Oc1ccc(NC(=O)c2c(C)noc2C(C)C)cn1. The standard InChI is InChI=1S/C21H23N3O4/c1-12(2)20-19(14(4)24-28-20)21(25)23-15-7-9-18(22-11-15)27-16-8-6-13(3)10-17(16)26-5/h6-12H,1-5H3,(H,23,25). The number of carbonyl (C=O) groups excluding carboxylic acids is 1. The first-order valence-electron chi connectivity index (χ1n) is 8.95. The van der Waals surface area contributed by atoms with Gasteiger partial charge in [0.2, 0.25) is 5.88 Å². The van der Waals surface area contributed by atoms with Gasteiger partial charge in [-0.15, -0.1) is 0 Å². The quantitative estimate of drug-likeness (QED) is 0.656. The number of aryl methyl sites for hydroxylation is 2. The van der Waals surface area contributed by atoms with E-state index in [0.29, 0.717) is 40.1 Å². The van der Waals surface area contributed by atoms with E-state index >= 15 is 0 Å². The molecule has 2 aromatic heterocycles. The molecule has 0 aliphatic carbocycles. The number of amides is 1. The summed E-state index contributed by atoms with van der Waals surface area (Å²) in [7, 11) is 1.59. The van der Waals surface area contributed by atoms with Gasteiger partial charge < -0.3 is 19.3 Å². The summed E-state index contributed by atoms with van der Waals surface area (Å²) in [5, 5.41) is 6.72. The van der Waals surface area contributed by atoms with Gasteiger partial charge in [0, 0.05) is 12.0 Å². The minimum atomic E-state index is -0.280. The van der Waals surface area contributed by atoms with Crippen LogP contribution in [0.1, 0.15) is 47.1 Å². The third-order valence-corrected chi connectivity index (χ3v) is 4.17. The van der Waals surface area contributed by atoms with Crippen LogP contribution >= 0.6 is 0 Å². The summed E-state index contributed by atoms with van der Waals surface area (Å²) in [6.07, 6.45) is 1.53. The van der Waals surface area contributed by atoms with Crippen molar-refractivity contribution in [2.24, 2.45) is 0 Å². The lowest BCUT2D eigenvalue weighted by Crippen LogP contribution is -2.15. The summed E-state index contributed by atoms with van der Waals surface area (Å²) in [6, 6.07) is 9.04. The number of nitrogens with zero attached hydrogens (tertiary/aromatic N) is 2. The lowest BCUT2D eigenvalue weighted by atomic mass is 10.0. The molecule has 7 nitrogen and oxygen atoms in total. The fourth-order valence-electron chi connectivity index (χ4n) is 2.74. The Morgan fingerprint density at radius 2 is 1.93 bits per heavy atom. The van der Waals surface area contributed by atoms with Gasteiger partial charge in [-0.05, 0) is 37.6 Å². The Morgan fingerprint density at radius 1 is 1.14 bits per heavy atom. The van der Waals surface area contributed by atoms with Gasteiger partial charge in [0.15, 0.2) is 17.3 Å². The van der Waals surface area contributed by atoms with E-state index in [-0.39, 0.29) is 11.8 Å². The summed E-state index contributed by atoms with van der Waals surface area (Å²) in [6.45, 7) is 7.62. The molecule has 1 aromatic carbocycles. The molecule has 0 aliphatic rings. The van der Waals surface area contributed by atoms with Crippen molar-refractivity contribution in [1.29, 1.82) is 0 Å². The molecular weight excluding hydrogens is 358 g/mol. The molecule has 0 saturated heterocycles. The van der Waals surface area contributed by atoms with Crippen LogP contribution in [-0.4, -0.2) is 23.2 Å². The number of rotatable bonds is 6. The van der Waals surface area contributed by atoms with Crippen LogP contribution in [0, 0.1) is 13.8 Å². The maximum Gasteiger partial charge on any atom is 0.261 e. The molecule has 0 aliphatic heterocycles. The Bertz CT molecular complexity index is 978. The number of nitrogens with one attached hydrogen (secondary N) is 1. The highest BCUT2D eigenvalue weighted by Gasteiger charge is 2.22. The fourth-order valence-corrected chi connectivity index (χ4v) is 2.74. The lowest BCUT2D eigenvalue weighted by molar-refractivity contribution is 0.102. The number of anilines is 1. The van der Waals surface area contributed by atoms with Crippen molar-refractivity contribution < 1.29 is 18.8 Å². The average molecular weight is 381 g/mol. The van der Waals surface area contributed by atoms with E-state index in [4.69, 9.17) is 14.0 Å². The van der Waals surface area contributed by atoms with E-state index in [1.165, 1.54) is 6.20 Å². The Kier molecular flexibility index (Phi) is 5.63. The highest BCUT2D eigenvalue weighted by molar-refractivity contribution is 6.05. The van der Waals surface area contributed by atoms with Crippen LogP contribution in [0.15, 0.2) is 41.1 Å². The Labute approximate surface area is 163 Å². The number of hydrogen-bond acceptors (Lipinski definition) is 6. The fraction of sp³-hybridized carbons (Fsp3) is 0.286. The number of hydrogen-bond donors (Lipinski definition) is 1. The second-order valence-electron chi connectivity index (χ2n) is 6.76. The molecule has 2 heterocycles. The maximum atomic E-state index is 12.6. The maximum absolute atomic E-state index is 12.6. The second kappa shape index (κ2) is 8.12. The molecule has 0 unspecified atom stereocenters. The second-order valence-corrected chi connectivity index (χ2v) is 6.76. The molecule has 1 N–H and O–H groups in total. The molecule has 0 atom stereocenters. The highest BCUT2D eigenvalue weighted by Crippen LogP contribution is 2.31. The molecule has 0 spiro atoms. The van der Waals surface area contributed by atoms with Crippen LogP contribution in [0.25, 0.3) is 0 Å². The first-order chi connectivity index (χ1) is 13.4. The minimum absolute atomic E-state index is 0.0559. The smallest absolute Gasteiger partial charge is 0.261 e. The van der Waals surface area contributed by atoms with Gasteiger partial charge in [0.25, 0.3) is 5.91 Å². The minimum Gasteiger partial charge on any atom is -0.493 e. The number of benzene rings is 1. The lowest BCUT2D eigenvalue weighted by Gasteiger charge is -2.11. The van der Waals surface area contributed by atoms with Gasteiger partial charge in [-0.1, -0.05) is 25.1 Å². The van der Waals surface area contributed by atoms with Crippen LogP contribution in [0.2, 0.25) is 0 Å². The molecule has 146 valence electrons. The van der Waals surface area contributed by atoms with Gasteiger partial charge >= 0.3 is 0 Å². The van der Waals surface area contributed by atoms with Crippen molar-refractivity contribution in [2.75, 3.05) is 12.4 Å². The molecule has 28 heavy (non-hydrogen) atoms. The Morgan fingerprint density at radius 3 is 2.57 bits per heavy atom. The number of pyridine rings is 1. The van der Waals surface area contributed by atoms with Crippen LogP contribution in [0.5, 0.6) is 17.4 Å². The molecule has 0 bridgehead atoms. The Hall–Kier alpha value is -3.35. The van der Waals surface area contributed by atoms with Crippen LogP contribution in [0.3, 0.4) is 0 Å². The number of aromatic nitrogens is 2. The van der Waals surface area contributed by atoms with Crippen molar-refractivity contribution in [1.82, 2.24) is 10.1 Å². The summed E-state index contributed by atoms with van der Waals surface area (Å²) in [5.41, 5.74) is 2.63. The summed E-state index contributed by atoms with van der Waals surface area (Å²) in [4.78, 5) is 16.9. The number of ether oxygens (including phenoxy) is 2. The van der Waals surface area contributed by atoms with Crippen LogP contribution in [0.4, 0.5) is 5.69 Å².